The number of urea groups is 1. The number of rotatable bonds is 4. The molecule has 6 nitrogen and oxygen atoms in total. The number of carbonyl (C=O) groups excluding carboxylic acids is 1. The highest BCUT2D eigenvalue weighted by Crippen LogP contribution is 2.18. The van der Waals surface area contributed by atoms with E-state index < -0.39 is 9.84 Å². The molecule has 2 amide bonds. The van der Waals surface area contributed by atoms with Crippen molar-refractivity contribution in [3.63, 3.8) is 0 Å². The first kappa shape index (κ1) is 14.9. The molecule has 0 bridgehead atoms. The van der Waals surface area contributed by atoms with E-state index in [1.165, 1.54) is 0 Å². The summed E-state index contributed by atoms with van der Waals surface area (Å²) in [6, 6.07) is 3.13. The minimum atomic E-state index is -2.89. The van der Waals surface area contributed by atoms with Crippen molar-refractivity contribution in [3.05, 3.63) is 23.7 Å². The molecule has 112 valence electrons. The van der Waals surface area contributed by atoms with E-state index in [4.69, 9.17) is 4.42 Å². The van der Waals surface area contributed by atoms with Gasteiger partial charge in [0.15, 0.2) is 9.84 Å². The summed E-state index contributed by atoms with van der Waals surface area (Å²) in [6.07, 6.45) is 0.621. The van der Waals surface area contributed by atoms with Crippen molar-refractivity contribution in [2.45, 2.75) is 26.3 Å². The topological polar surface area (TPSA) is 88.4 Å². The molecule has 1 aromatic heterocycles. The van der Waals surface area contributed by atoms with Crippen LogP contribution >= 0.6 is 0 Å². The van der Waals surface area contributed by atoms with E-state index in [1.54, 1.807) is 0 Å². The summed E-state index contributed by atoms with van der Waals surface area (Å²) in [4.78, 5) is 11.7. The largest absolute Gasteiger partial charge is 0.464 e. The van der Waals surface area contributed by atoms with Gasteiger partial charge in [0.05, 0.1) is 17.5 Å². The molecule has 2 rings (SSSR count). The number of furan rings is 1. The Morgan fingerprint density at radius 1 is 1.50 bits per heavy atom. The monoisotopic (exact) mass is 300 g/mol. The Labute approximate surface area is 118 Å². The van der Waals surface area contributed by atoms with Crippen LogP contribution in [-0.2, 0) is 9.84 Å². The smallest absolute Gasteiger partial charge is 0.315 e. The van der Waals surface area contributed by atoms with Gasteiger partial charge in [-0.25, -0.2) is 13.2 Å². The fourth-order valence-corrected chi connectivity index (χ4v) is 4.14. The van der Waals surface area contributed by atoms with E-state index in [0.717, 1.165) is 5.76 Å². The van der Waals surface area contributed by atoms with Gasteiger partial charge in [-0.3, -0.25) is 0 Å². The first-order valence-electron chi connectivity index (χ1n) is 6.67. The average Bonchev–Trinajstić information content (AvgIpc) is 2.93. The molecule has 0 unspecified atom stereocenters. The highest BCUT2D eigenvalue weighted by molar-refractivity contribution is 7.91. The lowest BCUT2D eigenvalue weighted by Crippen LogP contribution is -2.39. The predicted molar refractivity (Wildman–Crippen MR) is 75.2 cm³/mol. The van der Waals surface area contributed by atoms with Gasteiger partial charge in [-0.15, -0.1) is 0 Å². The third-order valence-electron chi connectivity index (χ3n) is 3.41. The van der Waals surface area contributed by atoms with Gasteiger partial charge in [0.25, 0.3) is 0 Å². The number of hydrogen-bond donors (Lipinski definition) is 2. The van der Waals surface area contributed by atoms with Crippen LogP contribution in [0, 0.1) is 12.8 Å². The van der Waals surface area contributed by atoms with Gasteiger partial charge >= 0.3 is 6.03 Å². The lowest BCUT2D eigenvalue weighted by atomic mass is 10.1. The van der Waals surface area contributed by atoms with Crippen molar-refractivity contribution in [2.24, 2.45) is 5.92 Å². The van der Waals surface area contributed by atoms with Crippen LogP contribution in [0.1, 0.15) is 30.9 Å². The van der Waals surface area contributed by atoms with Gasteiger partial charge in [0.1, 0.15) is 11.5 Å². The molecular weight excluding hydrogens is 280 g/mol. The fraction of sp³-hybridized carbons (Fsp3) is 0.615. The molecule has 1 aromatic rings. The molecule has 1 fully saturated rings. The Morgan fingerprint density at radius 2 is 2.25 bits per heavy atom. The molecule has 0 saturated carbocycles. The number of hydrogen-bond acceptors (Lipinski definition) is 4. The van der Waals surface area contributed by atoms with E-state index in [0.29, 0.717) is 18.7 Å². The first-order chi connectivity index (χ1) is 9.35. The zero-order valence-corrected chi connectivity index (χ0v) is 12.5. The fourth-order valence-electron chi connectivity index (χ4n) is 2.27. The van der Waals surface area contributed by atoms with Gasteiger partial charge in [-0.05, 0) is 38.3 Å². The Hall–Kier alpha value is -1.50. The maximum Gasteiger partial charge on any atom is 0.315 e. The molecule has 2 atom stereocenters. The second-order valence-electron chi connectivity index (χ2n) is 5.29. The number of sulfone groups is 1. The van der Waals surface area contributed by atoms with Crippen molar-refractivity contribution in [2.75, 3.05) is 18.1 Å². The molecule has 0 radical (unpaired) electrons. The normalized spacial score (nSPS) is 22.4. The highest BCUT2D eigenvalue weighted by atomic mass is 32.2. The second-order valence-corrected chi connectivity index (χ2v) is 7.52. The molecule has 0 aromatic carbocycles. The zero-order valence-electron chi connectivity index (χ0n) is 11.7. The third kappa shape index (κ3) is 4.00. The van der Waals surface area contributed by atoms with Crippen molar-refractivity contribution in [1.29, 1.82) is 0 Å². The first-order valence-corrected chi connectivity index (χ1v) is 8.49. The average molecular weight is 300 g/mol. The number of nitrogens with one attached hydrogen (secondary N) is 2. The minimum absolute atomic E-state index is 0.0203. The summed E-state index contributed by atoms with van der Waals surface area (Å²) in [5, 5.41) is 5.47. The Balaban J connectivity index is 1.76. The van der Waals surface area contributed by atoms with Crippen molar-refractivity contribution in [3.8, 4) is 0 Å². The van der Waals surface area contributed by atoms with Gasteiger partial charge in [-0.2, -0.15) is 0 Å². The quantitative estimate of drug-likeness (QED) is 0.879. The van der Waals surface area contributed by atoms with E-state index in [-0.39, 0.29) is 29.5 Å². The van der Waals surface area contributed by atoms with Crippen LogP contribution in [0.5, 0.6) is 0 Å². The Kier molecular flexibility index (Phi) is 4.37. The molecule has 1 aliphatic heterocycles. The second kappa shape index (κ2) is 5.87. The molecule has 0 spiro atoms. The zero-order chi connectivity index (χ0) is 14.8. The van der Waals surface area contributed by atoms with Crippen molar-refractivity contribution in [1.82, 2.24) is 10.6 Å². The summed E-state index contributed by atoms with van der Waals surface area (Å²) >= 11 is 0. The summed E-state index contributed by atoms with van der Waals surface area (Å²) in [7, 11) is -2.89. The minimum Gasteiger partial charge on any atom is -0.464 e. The Bertz CT molecular complexity index is 579. The van der Waals surface area contributed by atoms with E-state index >= 15 is 0 Å². The lowest BCUT2D eigenvalue weighted by molar-refractivity contribution is 0.234. The number of amides is 2. The van der Waals surface area contributed by atoms with Gasteiger partial charge in [0.2, 0.25) is 0 Å². The maximum atomic E-state index is 11.7. The number of carbonyl (C=O) groups is 1. The molecule has 1 aliphatic rings. The van der Waals surface area contributed by atoms with Crippen LogP contribution in [0.3, 0.4) is 0 Å². The number of aryl methyl sites for hydroxylation is 1. The summed E-state index contributed by atoms with van der Waals surface area (Å²) in [5.74, 6) is 1.90. The predicted octanol–water partition coefficient (Wildman–Crippen LogP) is 1.38. The third-order valence-corrected chi connectivity index (χ3v) is 5.25. The van der Waals surface area contributed by atoms with Crippen LogP contribution in [0.2, 0.25) is 0 Å². The molecule has 1 saturated heterocycles. The molecule has 7 heteroatoms. The van der Waals surface area contributed by atoms with Crippen LogP contribution in [-0.4, -0.2) is 32.5 Å². The SMILES string of the molecule is Cc1ccc([C@@H](C)NC(=O)NC[C@@H]2CCS(=O)(=O)C2)o1. The highest BCUT2D eigenvalue weighted by Gasteiger charge is 2.28. The van der Waals surface area contributed by atoms with Crippen LogP contribution < -0.4 is 10.6 Å². The van der Waals surface area contributed by atoms with E-state index in [9.17, 15) is 13.2 Å². The molecule has 2 heterocycles. The van der Waals surface area contributed by atoms with Crippen LogP contribution in [0.15, 0.2) is 16.5 Å². The summed E-state index contributed by atoms with van der Waals surface area (Å²) in [6.45, 7) is 4.06. The van der Waals surface area contributed by atoms with Gasteiger partial charge in [-0.1, -0.05) is 0 Å². The maximum absolute atomic E-state index is 11.7. The molecule has 0 aliphatic carbocycles. The van der Waals surface area contributed by atoms with Gasteiger partial charge < -0.3 is 15.1 Å². The van der Waals surface area contributed by atoms with Crippen molar-refractivity contribution < 1.29 is 17.6 Å². The summed E-state index contributed by atoms with van der Waals surface area (Å²) < 4.78 is 28.0. The lowest BCUT2D eigenvalue weighted by Gasteiger charge is -2.14. The van der Waals surface area contributed by atoms with Crippen molar-refractivity contribution >= 4 is 15.9 Å². The van der Waals surface area contributed by atoms with Crippen LogP contribution in [0.4, 0.5) is 4.79 Å². The molecule has 2 N–H and O–H groups in total. The summed E-state index contributed by atoms with van der Waals surface area (Å²) in [5.41, 5.74) is 0. The van der Waals surface area contributed by atoms with Gasteiger partial charge in [0, 0.05) is 6.54 Å². The standard InChI is InChI=1S/C13H20N2O4S/c1-9-3-4-12(19-9)10(2)15-13(16)14-7-11-5-6-20(17,18)8-11/h3-4,10-11H,5-8H2,1-2H3,(H2,14,15,16)/t10-,11+/m1/s1. The molecule has 20 heavy (non-hydrogen) atoms. The Morgan fingerprint density at radius 3 is 2.80 bits per heavy atom. The van der Waals surface area contributed by atoms with E-state index in [2.05, 4.69) is 10.6 Å². The van der Waals surface area contributed by atoms with E-state index in [1.807, 2.05) is 26.0 Å². The van der Waals surface area contributed by atoms with Crippen LogP contribution in [0.25, 0.3) is 0 Å². The molecular formula is C13H20N2O4S.